The van der Waals surface area contributed by atoms with E-state index in [0.717, 1.165) is 24.5 Å². The second kappa shape index (κ2) is 5.17. The molecule has 1 aliphatic rings. The van der Waals surface area contributed by atoms with Gasteiger partial charge in [0.2, 0.25) is 0 Å². The zero-order chi connectivity index (χ0) is 12.3. The first-order valence-corrected chi connectivity index (χ1v) is 6.10. The Bertz CT molecular complexity index is 400. The summed E-state index contributed by atoms with van der Waals surface area (Å²) in [5, 5.41) is 8.87. The first-order chi connectivity index (χ1) is 8.18. The highest BCUT2D eigenvalue weighted by Gasteiger charge is 2.20. The van der Waals surface area contributed by atoms with E-state index >= 15 is 0 Å². The van der Waals surface area contributed by atoms with E-state index in [-0.39, 0.29) is 12.3 Å². The molecule has 1 saturated heterocycles. The molecular formula is C13H18N2O2. The summed E-state index contributed by atoms with van der Waals surface area (Å²) in [6, 6.07) is 3.88. The zero-order valence-electron chi connectivity index (χ0n) is 10.1. The number of anilines is 1. The molecule has 0 radical (unpaired) electrons. The number of hydrogen-bond acceptors (Lipinski definition) is 3. The highest BCUT2D eigenvalue weighted by Crippen LogP contribution is 2.29. The van der Waals surface area contributed by atoms with Crippen molar-refractivity contribution in [1.82, 2.24) is 4.98 Å². The lowest BCUT2D eigenvalue weighted by atomic mass is 9.98. The summed E-state index contributed by atoms with van der Waals surface area (Å²) in [4.78, 5) is 17.5. The number of aliphatic carboxylic acids is 1. The van der Waals surface area contributed by atoms with Crippen LogP contribution in [0.15, 0.2) is 18.3 Å². The predicted molar refractivity (Wildman–Crippen MR) is 66.4 cm³/mol. The van der Waals surface area contributed by atoms with Crippen LogP contribution in [-0.4, -0.2) is 29.1 Å². The van der Waals surface area contributed by atoms with E-state index in [2.05, 4.69) is 9.88 Å². The molecule has 0 amide bonds. The maximum absolute atomic E-state index is 10.8. The Kier molecular flexibility index (Phi) is 3.61. The van der Waals surface area contributed by atoms with Gasteiger partial charge in [-0.25, -0.2) is 4.98 Å². The number of aromatic nitrogens is 1. The molecule has 1 atom stereocenters. The molecule has 2 rings (SSSR count). The minimum absolute atomic E-state index is 0.0109. The van der Waals surface area contributed by atoms with E-state index in [9.17, 15) is 4.79 Å². The first-order valence-electron chi connectivity index (χ1n) is 6.10. The van der Waals surface area contributed by atoms with Gasteiger partial charge in [0.15, 0.2) is 0 Å². The van der Waals surface area contributed by atoms with Gasteiger partial charge in [0, 0.05) is 19.3 Å². The Morgan fingerprint density at radius 3 is 2.88 bits per heavy atom. The van der Waals surface area contributed by atoms with Crippen LogP contribution in [0.25, 0.3) is 0 Å². The van der Waals surface area contributed by atoms with Crippen molar-refractivity contribution in [2.75, 3.05) is 18.0 Å². The predicted octanol–water partition coefficient (Wildman–Crippen LogP) is 2.26. The van der Waals surface area contributed by atoms with Crippen LogP contribution in [0.4, 0.5) is 5.82 Å². The molecule has 0 saturated carbocycles. The van der Waals surface area contributed by atoms with Crippen LogP contribution in [0.5, 0.6) is 0 Å². The van der Waals surface area contributed by atoms with Gasteiger partial charge in [0.05, 0.1) is 6.42 Å². The molecule has 4 heteroatoms. The molecule has 2 heterocycles. The van der Waals surface area contributed by atoms with Crippen molar-refractivity contribution in [3.8, 4) is 0 Å². The smallest absolute Gasteiger partial charge is 0.303 e. The van der Waals surface area contributed by atoms with Crippen molar-refractivity contribution < 1.29 is 9.90 Å². The van der Waals surface area contributed by atoms with Crippen LogP contribution in [0.1, 0.15) is 37.7 Å². The fourth-order valence-electron chi connectivity index (χ4n) is 2.36. The van der Waals surface area contributed by atoms with Crippen molar-refractivity contribution in [2.45, 2.75) is 32.1 Å². The molecule has 17 heavy (non-hydrogen) atoms. The Balaban J connectivity index is 2.23. The van der Waals surface area contributed by atoms with Gasteiger partial charge in [-0.05, 0) is 30.4 Å². The van der Waals surface area contributed by atoms with E-state index in [4.69, 9.17) is 5.11 Å². The van der Waals surface area contributed by atoms with Crippen molar-refractivity contribution >= 4 is 11.8 Å². The molecule has 1 unspecified atom stereocenters. The quantitative estimate of drug-likeness (QED) is 0.868. The van der Waals surface area contributed by atoms with E-state index in [0.29, 0.717) is 0 Å². The van der Waals surface area contributed by atoms with Crippen LogP contribution in [-0.2, 0) is 4.79 Å². The normalized spacial score (nSPS) is 17.1. The van der Waals surface area contributed by atoms with Crippen molar-refractivity contribution in [1.29, 1.82) is 0 Å². The molecule has 1 fully saturated rings. The monoisotopic (exact) mass is 234 g/mol. The van der Waals surface area contributed by atoms with Crippen molar-refractivity contribution in [2.24, 2.45) is 0 Å². The molecule has 0 spiro atoms. The van der Waals surface area contributed by atoms with Crippen molar-refractivity contribution in [3.05, 3.63) is 23.9 Å². The van der Waals surface area contributed by atoms with E-state index in [1.54, 1.807) is 6.20 Å². The largest absolute Gasteiger partial charge is 0.481 e. The molecule has 0 aliphatic carbocycles. The second-order valence-corrected chi connectivity index (χ2v) is 4.61. The van der Waals surface area contributed by atoms with Crippen LogP contribution in [0, 0.1) is 0 Å². The summed E-state index contributed by atoms with van der Waals surface area (Å²) in [5.41, 5.74) is 1.05. The van der Waals surface area contributed by atoms with Gasteiger partial charge < -0.3 is 10.0 Å². The van der Waals surface area contributed by atoms with Gasteiger partial charge in [-0.3, -0.25) is 4.79 Å². The average molecular weight is 234 g/mol. The molecule has 1 N–H and O–H groups in total. The van der Waals surface area contributed by atoms with Crippen LogP contribution in [0.3, 0.4) is 0 Å². The summed E-state index contributed by atoms with van der Waals surface area (Å²) in [6.45, 7) is 4.01. The molecule has 4 nitrogen and oxygen atoms in total. The summed E-state index contributed by atoms with van der Waals surface area (Å²) < 4.78 is 0. The molecule has 1 aliphatic heterocycles. The molecule has 0 aromatic carbocycles. The molecule has 92 valence electrons. The summed E-state index contributed by atoms with van der Waals surface area (Å²) >= 11 is 0. The number of carbonyl (C=O) groups is 1. The van der Waals surface area contributed by atoms with Gasteiger partial charge >= 0.3 is 5.97 Å². The van der Waals surface area contributed by atoms with Gasteiger partial charge in [-0.2, -0.15) is 0 Å². The maximum Gasteiger partial charge on any atom is 0.303 e. The average Bonchev–Trinajstić information content (AvgIpc) is 2.81. The van der Waals surface area contributed by atoms with E-state index in [1.807, 2.05) is 19.1 Å². The number of nitrogens with zero attached hydrogens (tertiary/aromatic N) is 2. The van der Waals surface area contributed by atoms with Crippen molar-refractivity contribution in [3.63, 3.8) is 0 Å². The first kappa shape index (κ1) is 11.9. The third-order valence-corrected chi connectivity index (χ3v) is 3.23. The summed E-state index contributed by atoms with van der Waals surface area (Å²) in [5.74, 6) is 0.226. The summed E-state index contributed by atoms with van der Waals surface area (Å²) in [7, 11) is 0. The topological polar surface area (TPSA) is 53.4 Å². The van der Waals surface area contributed by atoms with Gasteiger partial charge in [-0.1, -0.05) is 13.0 Å². The number of carboxylic acids is 1. The Morgan fingerprint density at radius 2 is 2.24 bits per heavy atom. The number of hydrogen-bond donors (Lipinski definition) is 1. The third-order valence-electron chi connectivity index (χ3n) is 3.23. The fraction of sp³-hybridized carbons (Fsp3) is 0.538. The second-order valence-electron chi connectivity index (χ2n) is 4.61. The highest BCUT2D eigenvalue weighted by atomic mass is 16.4. The van der Waals surface area contributed by atoms with Gasteiger partial charge in [0.25, 0.3) is 0 Å². The van der Waals surface area contributed by atoms with Gasteiger partial charge in [0.1, 0.15) is 5.82 Å². The number of pyridine rings is 1. The van der Waals surface area contributed by atoms with E-state index in [1.165, 1.54) is 12.8 Å². The Morgan fingerprint density at radius 1 is 1.53 bits per heavy atom. The lowest BCUT2D eigenvalue weighted by Crippen LogP contribution is -2.21. The van der Waals surface area contributed by atoms with Crippen LogP contribution >= 0.6 is 0 Å². The number of rotatable bonds is 4. The SMILES string of the molecule is CC(CC(=O)O)c1cccnc1N1CCCC1. The fourth-order valence-corrected chi connectivity index (χ4v) is 2.36. The minimum Gasteiger partial charge on any atom is -0.481 e. The highest BCUT2D eigenvalue weighted by molar-refractivity contribution is 5.68. The molecular weight excluding hydrogens is 216 g/mol. The molecule has 0 bridgehead atoms. The van der Waals surface area contributed by atoms with Crippen LogP contribution < -0.4 is 4.90 Å². The standard InChI is InChI=1S/C13H18N2O2/c1-10(9-12(16)17)11-5-4-6-14-13(11)15-7-2-3-8-15/h4-6,10H,2-3,7-9H2,1H3,(H,16,17). The Hall–Kier alpha value is -1.58. The molecule has 1 aromatic heterocycles. The van der Waals surface area contributed by atoms with Gasteiger partial charge in [-0.15, -0.1) is 0 Å². The zero-order valence-corrected chi connectivity index (χ0v) is 10.1. The minimum atomic E-state index is -0.756. The lowest BCUT2D eigenvalue weighted by Gasteiger charge is -2.22. The number of carboxylic acid groups (broad SMARTS) is 1. The van der Waals surface area contributed by atoms with Crippen LogP contribution in [0.2, 0.25) is 0 Å². The molecule has 1 aromatic rings. The summed E-state index contributed by atoms with van der Waals surface area (Å²) in [6.07, 6.45) is 4.34. The Labute approximate surface area is 101 Å². The third kappa shape index (κ3) is 2.75. The van der Waals surface area contributed by atoms with E-state index < -0.39 is 5.97 Å². The lowest BCUT2D eigenvalue weighted by molar-refractivity contribution is -0.137. The maximum atomic E-state index is 10.8.